The second-order valence-electron chi connectivity index (χ2n) is 6.63. The maximum Gasteiger partial charge on any atom is 0.286 e. The minimum atomic E-state index is -0.294. The summed E-state index contributed by atoms with van der Waals surface area (Å²) in [5.74, 6) is 0.875. The van der Waals surface area contributed by atoms with Crippen LogP contribution in [0.5, 0.6) is 0 Å². The number of rotatable bonds is 2. The van der Waals surface area contributed by atoms with Crippen molar-refractivity contribution < 1.29 is 14.0 Å². The highest BCUT2D eigenvalue weighted by atomic mass is 35.5. The summed E-state index contributed by atoms with van der Waals surface area (Å²) in [5.41, 5.74) is 0.689. The zero-order valence-electron chi connectivity index (χ0n) is 15.5. The Hall–Kier alpha value is -2.22. The average molecular weight is 450 g/mol. The van der Waals surface area contributed by atoms with E-state index in [2.05, 4.69) is 4.99 Å². The van der Waals surface area contributed by atoms with E-state index in [1.807, 2.05) is 4.90 Å². The van der Waals surface area contributed by atoms with Crippen molar-refractivity contribution in [1.29, 1.82) is 0 Å². The molecule has 2 aliphatic heterocycles. The molecule has 1 fully saturated rings. The van der Waals surface area contributed by atoms with Gasteiger partial charge in [-0.05, 0) is 42.1 Å². The van der Waals surface area contributed by atoms with Crippen LogP contribution in [0.2, 0.25) is 10.0 Å². The van der Waals surface area contributed by atoms with Crippen molar-refractivity contribution in [3.8, 4) is 11.3 Å². The van der Waals surface area contributed by atoms with E-state index in [1.54, 1.807) is 48.2 Å². The number of carbonyl (C=O) groups is 2. The smallest absolute Gasteiger partial charge is 0.286 e. The second kappa shape index (κ2) is 8.26. The second-order valence-corrected chi connectivity index (χ2v) is 8.48. The van der Waals surface area contributed by atoms with Crippen LogP contribution in [0.1, 0.15) is 12.7 Å². The van der Waals surface area contributed by atoms with E-state index in [0.717, 1.165) is 0 Å². The molecule has 0 bridgehead atoms. The zero-order valence-corrected chi connectivity index (χ0v) is 17.9. The van der Waals surface area contributed by atoms with Crippen LogP contribution >= 0.6 is 35.0 Å². The first kappa shape index (κ1) is 20.1. The minimum absolute atomic E-state index is 0.0655. The molecule has 2 amide bonds. The first-order valence-electron chi connectivity index (χ1n) is 8.99. The summed E-state index contributed by atoms with van der Waals surface area (Å²) in [5, 5.41) is 1.75. The molecule has 2 aliphatic rings. The predicted molar refractivity (Wildman–Crippen MR) is 116 cm³/mol. The molecule has 150 valence electrons. The molecule has 1 aromatic heterocycles. The lowest BCUT2D eigenvalue weighted by Crippen LogP contribution is -2.49. The van der Waals surface area contributed by atoms with Gasteiger partial charge < -0.3 is 14.2 Å². The lowest BCUT2D eigenvalue weighted by atomic mass is 10.2. The van der Waals surface area contributed by atoms with Gasteiger partial charge in [0.15, 0.2) is 5.17 Å². The Morgan fingerprint density at radius 3 is 2.66 bits per heavy atom. The van der Waals surface area contributed by atoms with E-state index in [1.165, 1.54) is 11.8 Å². The van der Waals surface area contributed by atoms with Crippen LogP contribution in [0, 0.1) is 0 Å². The van der Waals surface area contributed by atoms with Gasteiger partial charge in [0.25, 0.3) is 5.91 Å². The molecule has 9 heteroatoms. The van der Waals surface area contributed by atoms with E-state index in [0.29, 0.717) is 63.4 Å². The summed E-state index contributed by atoms with van der Waals surface area (Å²) in [6.07, 6.45) is 1.68. The standard InChI is InChI=1S/C20H17Cl2N3O3S/c1-12(26)24-6-8-25(9-7-24)20-23-19(27)18(29-20)11-14-3-5-17(28-14)15-10-13(21)2-4-16(15)22/h2-5,10-11H,6-9H2,1H3/b18-11+. The highest BCUT2D eigenvalue weighted by Gasteiger charge is 2.29. The van der Waals surface area contributed by atoms with Crippen LogP contribution in [-0.4, -0.2) is 53.0 Å². The molecule has 3 heterocycles. The van der Waals surface area contributed by atoms with Gasteiger partial charge in [0, 0.05) is 49.8 Å². The fourth-order valence-electron chi connectivity index (χ4n) is 3.14. The summed E-state index contributed by atoms with van der Waals surface area (Å²) >= 11 is 13.6. The molecule has 0 unspecified atom stereocenters. The molecular formula is C20H17Cl2N3O3S. The summed E-state index contributed by atoms with van der Waals surface area (Å²) < 4.78 is 5.84. The van der Waals surface area contributed by atoms with Crippen molar-refractivity contribution in [2.24, 2.45) is 4.99 Å². The predicted octanol–water partition coefficient (Wildman–Crippen LogP) is 4.39. The Kier molecular flexibility index (Phi) is 5.72. The molecule has 0 atom stereocenters. The number of amidine groups is 1. The largest absolute Gasteiger partial charge is 0.457 e. The summed E-state index contributed by atoms with van der Waals surface area (Å²) in [4.78, 5) is 32.3. The number of halogens is 2. The fourth-order valence-corrected chi connectivity index (χ4v) is 4.46. The molecule has 0 saturated carbocycles. The van der Waals surface area contributed by atoms with Crippen LogP contribution in [-0.2, 0) is 9.59 Å². The maximum absolute atomic E-state index is 12.3. The number of benzene rings is 1. The Bertz CT molecular complexity index is 1040. The molecular weight excluding hydrogens is 433 g/mol. The summed E-state index contributed by atoms with van der Waals surface area (Å²) in [7, 11) is 0. The Balaban J connectivity index is 1.47. The molecule has 0 aliphatic carbocycles. The normalized spacial score (nSPS) is 18.5. The Morgan fingerprint density at radius 1 is 1.17 bits per heavy atom. The van der Waals surface area contributed by atoms with Crippen LogP contribution in [0.15, 0.2) is 44.6 Å². The first-order valence-corrected chi connectivity index (χ1v) is 10.6. The Labute approximate surface area is 182 Å². The van der Waals surface area contributed by atoms with Crippen molar-refractivity contribution >= 4 is 58.0 Å². The van der Waals surface area contributed by atoms with Gasteiger partial charge in [-0.1, -0.05) is 23.2 Å². The molecule has 6 nitrogen and oxygen atoms in total. The van der Waals surface area contributed by atoms with Crippen molar-refractivity contribution in [3.63, 3.8) is 0 Å². The highest BCUT2D eigenvalue weighted by molar-refractivity contribution is 8.18. The fraction of sp³-hybridized carbons (Fsp3) is 0.250. The zero-order chi connectivity index (χ0) is 20.5. The van der Waals surface area contributed by atoms with E-state index in [-0.39, 0.29) is 11.8 Å². The molecule has 29 heavy (non-hydrogen) atoms. The third-order valence-corrected chi connectivity index (χ3v) is 6.31. The van der Waals surface area contributed by atoms with Gasteiger partial charge in [0.2, 0.25) is 5.91 Å². The van der Waals surface area contributed by atoms with E-state index >= 15 is 0 Å². The third kappa shape index (κ3) is 4.37. The number of aliphatic imine (C=N–C) groups is 1. The highest BCUT2D eigenvalue weighted by Crippen LogP contribution is 2.34. The van der Waals surface area contributed by atoms with E-state index in [4.69, 9.17) is 27.6 Å². The molecule has 0 N–H and O–H groups in total. The lowest BCUT2D eigenvalue weighted by molar-refractivity contribution is -0.130. The molecule has 2 aromatic rings. The van der Waals surface area contributed by atoms with E-state index < -0.39 is 0 Å². The topological polar surface area (TPSA) is 66.1 Å². The van der Waals surface area contributed by atoms with Crippen molar-refractivity contribution in [1.82, 2.24) is 9.80 Å². The first-order chi connectivity index (χ1) is 13.9. The number of carbonyl (C=O) groups excluding carboxylic acids is 2. The average Bonchev–Trinajstić information content (AvgIpc) is 3.31. The lowest BCUT2D eigenvalue weighted by Gasteiger charge is -2.34. The number of hydrogen-bond donors (Lipinski definition) is 0. The van der Waals surface area contributed by atoms with E-state index in [9.17, 15) is 9.59 Å². The van der Waals surface area contributed by atoms with Gasteiger partial charge in [0.05, 0.1) is 9.93 Å². The van der Waals surface area contributed by atoms with Crippen LogP contribution in [0.4, 0.5) is 0 Å². The summed E-state index contributed by atoms with van der Waals surface area (Å²) in [6, 6.07) is 8.72. The number of furan rings is 1. The molecule has 1 saturated heterocycles. The van der Waals surface area contributed by atoms with Gasteiger partial charge in [-0.3, -0.25) is 9.59 Å². The van der Waals surface area contributed by atoms with Crippen LogP contribution in [0.25, 0.3) is 17.4 Å². The SMILES string of the molecule is CC(=O)N1CCN(C2=NC(=O)/C(=C\c3ccc(-c4cc(Cl)ccc4Cl)o3)S2)CC1. The number of amides is 2. The molecule has 1 aromatic carbocycles. The van der Waals surface area contributed by atoms with Crippen molar-refractivity contribution in [2.75, 3.05) is 26.2 Å². The Morgan fingerprint density at radius 2 is 1.93 bits per heavy atom. The van der Waals surface area contributed by atoms with Gasteiger partial charge in [-0.15, -0.1) is 0 Å². The molecule has 0 radical (unpaired) electrons. The number of nitrogens with zero attached hydrogens (tertiary/aromatic N) is 3. The quantitative estimate of drug-likeness (QED) is 0.636. The van der Waals surface area contributed by atoms with Crippen molar-refractivity contribution in [3.05, 3.63) is 51.0 Å². The summed E-state index contributed by atoms with van der Waals surface area (Å²) in [6.45, 7) is 4.14. The molecule has 4 rings (SSSR count). The minimum Gasteiger partial charge on any atom is -0.457 e. The van der Waals surface area contributed by atoms with Gasteiger partial charge in [0.1, 0.15) is 11.5 Å². The monoisotopic (exact) mass is 449 g/mol. The number of hydrogen-bond acceptors (Lipinski definition) is 5. The maximum atomic E-state index is 12.3. The van der Waals surface area contributed by atoms with Crippen molar-refractivity contribution in [2.45, 2.75) is 6.92 Å². The molecule has 0 spiro atoms. The number of thioether (sulfide) groups is 1. The van der Waals surface area contributed by atoms with Gasteiger partial charge in [-0.25, -0.2) is 0 Å². The van der Waals surface area contributed by atoms with Crippen LogP contribution in [0.3, 0.4) is 0 Å². The number of piperazine rings is 1. The third-order valence-electron chi connectivity index (χ3n) is 4.70. The van der Waals surface area contributed by atoms with Gasteiger partial charge in [-0.2, -0.15) is 4.99 Å². The van der Waals surface area contributed by atoms with Crippen LogP contribution < -0.4 is 0 Å². The van der Waals surface area contributed by atoms with Gasteiger partial charge >= 0.3 is 0 Å².